The van der Waals surface area contributed by atoms with Crippen LogP contribution < -0.4 is 0 Å². The number of carbonyl (C=O) groups excluding carboxylic acids is 4. The van der Waals surface area contributed by atoms with Crippen LogP contribution in [0.5, 0.6) is 0 Å². The molecule has 9 heteroatoms. The van der Waals surface area contributed by atoms with Gasteiger partial charge in [0.1, 0.15) is 6.61 Å². The second-order valence-corrected chi connectivity index (χ2v) is 3.33. The molecule has 0 amide bonds. The Labute approximate surface area is 106 Å². The number of halogens is 2. The monoisotopic (exact) mass is 286 g/mol. The molecular formula is C8H8Cl2O7. The number of hydrogen-bond acceptors (Lipinski definition) is 7. The molecule has 0 N–H and O–H groups in total. The molecule has 0 aliphatic carbocycles. The highest BCUT2D eigenvalue weighted by molar-refractivity contribution is 6.66. The average Bonchev–Trinajstić information content (AvgIpc) is 2.25. The Morgan fingerprint density at radius 1 is 1.12 bits per heavy atom. The number of esters is 2. The number of hydrogen-bond donors (Lipinski definition) is 0. The van der Waals surface area contributed by atoms with E-state index in [1.165, 1.54) is 0 Å². The molecule has 0 aromatic carbocycles. The van der Waals surface area contributed by atoms with Gasteiger partial charge in [-0.05, 0) is 23.2 Å². The Kier molecular flexibility index (Phi) is 7.44. The molecule has 0 unspecified atom stereocenters. The first kappa shape index (κ1) is 15.8. The van der Waals surface area contributed by atoms with Gasteiger partial charge in [-0.25, -0.2) is 9.59 Å². The average molecular weight is 287 g/mol. The molecule has 0 aromatic rings. The van der Waals surface area contributed by atoms with Gasteiger partial charge in [0.2, 0.25) is 6.10 Å². The summed E-state index contributed by atoms with van der Waals surface area (Å²) in [4.78, 5) is 42.9. The zero-order valence-electron chi connectivity index (χ0n) is 8.61. The van der Waals surface area contributed by atoms with Gasteiger partial charge in [-0.15, -0.1) is 0 Å². The van der Waals surface area contributed by atoms with Crippen LogP contribution in [0.25, 0.3) is 0 Å². The fraction of sp³-hybridized carbons (Fsp3) is 0.500. The third kappa shape index (κ3) is 6.88. The summed E-state index contributed by atoms with van der Waals surface area (Å²) in [6, 6.07) is 0. The van der Waals surface area contributed by atoms with E-state index in [4.69, 9.17) is 23.2 Å². The highest BCUT2D eigenvalue weighted by atomic mass is 35.5. The summed E-state index contributed by atoms with van der Waals surface area (Å²) in [6.07, 6.45) is -1.72. The second-order valence-electron chi connectivity index (χ2n) is 2.53. The third-order valence-electron chi connectivity index (χ3n) is 1.34. The molecule has 96 valence electrons. The first-order chi connectivity index (χ1) is 7.88. The molecule has 0 fully saturated rings. The van der Waals surface area contributed by atoms with Crippen molar-refractivity contribution in [1.82, 2.24) is 0 Å². The van der Waals surface area contributed by atoms with Crippen molar-refractivity contribution in [3.05, 3.63) is 0 Å². The van der Waals surface area contributed by atoms with Crippen molar-refractivity contribution < 1.29 is 33.4 Å². The minimum absolute atomic E-state index is 0.637. The van der Waals surface area contributed by atoms with Gasteiger partial charge >= 0.3 is 11.9 Å². The lowest BCUT2D eigenvalue weighted by molar-refractivity contribution is -0.163. The zero-order chi connectivity index (χ0) is 13.4. The maximum Gasteiger partial charge on any atom is 0.344 e. The van der Waals surface area contributed by atoms with E-state index >= 15 is 0 Å². The lowest BCUT2D eigenvalue weighted by Gasteiger charge is -2.10. The van der Waals surface area contributed by atoms with Crippen LogP contribution in [0, 0.1) is 0 Å². The van der Waals surface area contributed by atoms with E-state index in [2.05, 4.69) is 14.2 Å². The van der Waals surface area contributed by atoms with E-state index in [-0.39, 0.29) is 0 Å². The van der Waals surface area contributed by atoms with Gasteiger partial charge < -0.3 is 14.2 Å². The first-order valence-electron chi connectivity index (χ1n) is 4.11. The van der Waals surface area contributed by atoms with Crippen molar-refractivity contribution in [3.8, 4) is 0 Å². The zero-order valence-corrected chi connectivity index (χ0v) is 10.1. The van der Waals surface area contributed by atoms with E-state index in [0.29, 0.717) is 0 Å². The molecule has 0 saturated carbocycles. The molecule has 17 heavy (non-hydrogen) atoms. The quantitative estimate of drug-likeness (QED) is 0.357. The Bertz CT molecular complexity index is 328. The molecule has 0 radical (unpaired) electrons. The number of methoxy groups -OCH3 is 1. The topological polar surface area (TPSA) is 96.0 Å². The fourth-order valence-corrected chi connectivity index (χ4v) is 0.870. The van der Waals surface area contributed by atoms with Gasteiger partial charge in [0.15, 0.2) is 6.61 Å². The van der Waals surface area contributed by atoms with Crippen molar-refractivity contribution >= 4 is 45.6 Å². The van der Waals surface area contributed by atoms with E-state index in [0.717, 1.165) is 7.11 Å². The minimum atomic E-state index is -1.72. The SMILES string of the molecule is COC(=O)[C@H](OCC(=O)OCC(=O)Cl)C(=O)Cl. The van der Waals surface area contributed by atoms with Gasteiger partial charge in [-0.2, -0.15) is 0 Å². The first-order valence-corrected chi connectivity index (χ1v) is 4.86. The van der Waals surface area contributed by atoms with Crippen LogP contribution in [0.4, 0.5) is 0 Å². The Hall–Kier alpha value is -1.18. The van der Waals surface area contributed by atoms with Crippen LogP contribution in [0.3, 0.4) is 0 Å². The molecule has 7 nitrogen and oxygen atoms in total. The number of carbonyl (C=O) groups is 4. The minimum Gasteiger partial charge on any atom is -0.467 e. The lowest BCUT2D eigenvalue weighted by atomic mass is 10.4. The van der Waals surface area contributed by atoms with Crippen molar-refractivity contribution in [3.63, 3.8) is 0 Å². The summed E-state index contributed by atoms with van der Waals surface area (Å²) in [5, 5.41) is -2.02. The highest BCUT2D eigenvalue weighted by Gasteiger charge is 2.28. The molecule has 0 aliphatic heterocycles. The molecule has 0 spiro atoms. The van der Waals surface area contributed by atoms with Crippen molar-refractivity contribution in [1.29, 1.82) is 0 Å². The lowest BCUT2D eigenvalue weighted by Crippen LogP contribution is -2.33. The molecule has 0 bridgehead atoms. The van der Waals surface area contributed by atoms with Gasteiger partial charge in [0.05, 0.1) is 7.11 Å². The van der Waals surface area contributed by atoms with Gasteiger partial charge in [-0.1, -0.05) is 0 Å². The summed E-state index contributed by atoms with van der Waals surface area (Å²) in [7, 11) is 1.02. The summed E-state index contributed by atoms with van der Waals surface area (Å²) >= 11 is 9.94. The van der Waals surface area contributed by atoms with Crippen LogP contribution in [0.15, 0.2) is 0 Å². The number of ether oxygens (including phenoxy) is 3. The Morgan fingerprint density at radius 3 is 2.12 bits per heavy atom. The van der Waals surface area contributed by atoms with Crippen molar-refractivity contribution in [2.24, 2.45) is 0 Å². The molecule has 0 aliphatic rings. The van der Waals surface area contributed by atoms with E-state index < -0.39 is 41.7 Å². The highest BCUT2D eigenvalue weighted by Crippen LogP contribution is 2.01. The summed E-state index contributed by atoms with van der Waals surface area (Å²) < 4.78 is 13.1. The van der Waals surface area contributed by atoms with Crippen LogP contribution in [-0.4, -0.2) is 48.9 Å². The maximum absolute atomic E-state index is 11.0. The Morgan fingerprint density at radius 2 is 1.71 bits per heavy atom. The van der Waals surface area contributed by atoms with Crippen molar-refractivity contribution in [2.75, 3.05) is 20.3 Å². The predicted octanol–water partition coefficient (Wildman–Crippen LogP) is -0.381. The van der Waals surface area contributed by atoms with Crippen LogP contribution in [0.2, 0.25) is 0 Å². The van der Waals surface area contributed by atoms with E-state index in [1.54, 1.807) is 0 Å². The van der Waals surface area contributed by atoms with E-state index in [1.807, 2.05) is 0 Å². The van der Waals surface area contributed by atoms with E-state index in [9.17, 15) is 19.2 Å². The smallest absolute Gasteiger partial charge is 0.344 e. The number of rotatable bonds is 7. The van der Waals surface area contributed by atoms with Crippen LogP contribution >= 0.6 is 23.2 Å². The Balaban J connectivity index is 4.13. The molecule has 0 aromatic heterocycles. The molecule has 1 atom stereocenters. The molecular weight excluding hydrogens is 279 g/mol. The standard InChI is InChI=1S/C8H8Cl2O7/c1-15-8(14)6(7(10)13)17-3-5(12)16-2-4(9)11/h6H,2-3H2,1H3/t6-/m1/s1. The van der Waals surface area contributed by atoms with Gasteiger partial charge in [-0.3, -0.25) is 9.59 Å². The van der Waals surface area contributed by atoms with Crippen LogP contribution in [-0.2, 0) is 33.4 Å². The predicted molar refractivity (Wildman–Crippen MR) is 54.4 cm³/mol. The second kappa shape index (κ2) is 7.99. The normalized spacial score (nSPS) is 11.5. The fourth-order valence-electron chi connectivity index (χ4n) is 0.664. The summed E-state index contributed by atoms with van der Waals surface area (Å²) in [5.74, 6) is -2.03. The summed E-state index contributed by atoms with van der Waals surface area (Å²) in [5.41, 5.74) is 0. The largest absolute Gasteiger partial charge is 0.467 e. The molecule has 0 rings (SSSR count). The van der Waals surface area contributed by atoms with Gasteiger partial charge in [0, 0.05) is 0 Å². The van der Waals surface area contributed by atoms with Crippen molar-refractivity contribution in [2.45, 2.75) is 6.10 Å². The van der Waals surface area contributed by atoms with Gasteiger partial charge in [0.25, 0.3) is 10.5 Å². The summed E-state index contributed by atoms with van der Waals surface area (Å²) in [6.45, 7) is -1.39. The maximum atomic E-state index is 11.0. The molecule has 0 heterocycles. The third-order valence-corrected chi connectivity index (χ3v) is 1.64. The van der Waals surface area contributed by atoms with Crippen LogP contribution in [0.1, 0.15) is 0 Å². The molecule has 0 saturated heterocycles.